The van der Waals surface area contributed by atoms with Gasteiger partial charge < -0.3 is 9.73 Å². The van der Waals surface area contributed by atoms with Gasteiger partial charge in [-0.2, -0.15) is 0 Å². The van der Waals surface area contributed by atoms with E-state index >= 15 is 0 Å². The average Bonchev–Trinajstić information content (AvgIpc) is 3.16. The molecule has 25 heavy (non-hydrogen) atoms. The molecule has 0 spiro atoms. The predicted octanol–water partition coefficient (Wildman–Crippen LogP) is 4.96. The van der Waals surface area contributed by atoms with E-state index in [9.17, 15) is 4.79 Å². The van der Waals surface area contributed by atoms with Crippen LogP contribution in [-0.2, 0) is 6.42 Å². The maximum atomic E-state index is 12.9. The van der Waals surface area contributed by atoms with Gasteiger partial charge >= 0.3 is 0 Å². The molecule has 2 aromatic carbocycles. The Morgan fingerprint density at radius 2 is 1.84 bits per heavy atom. The van der Waals surface area contributed by atoms with Crippen molar-refractivity contribution in [2.24, 2.45) is 5.92 Å². The molecule has 3 nitrogen and oxygen atoms in total. The zero-order chi connectivity index (χ0) is 17.1. The Labute approximate surface area is 148 Å². The summed E-state index contributed by atoms with van der Waals surface area (Å²) in [5.74, 6) is 1.49. The maximum Gasteiger partial charge on any atom is 0.252 e. The maximum absolute atomic E-state index is 12.9. The van der Waals surface area contributed by atoms with Crippen molar-refractivity contribution in [1.82, 2.24) is 5.32 Å². The van der Waals surface area contributed by atoms with Crippen LogP contribution in [0.15, 0.2) is 65.3 Å². The molecule has 128 valence electrons. The second-order valence-corrected chi connectivity index (χ2v) is 6.93. The number of carbonyl (C=O) groups excluding carboxylic acids is 1. The van der Waals surface area contributed by atoms with Crippen LogP contribution < -0.4 is 5.32 Å². The molecular formula is C22H23NO2. The van der Waals surface area contributed by atoms with Crippen molar-refractivity contribution in [2.45, 2.75) is 38.1 Å². The van der Waals surface area contributed by atoms with E-state index in [2.05, 4.69) is 5.32 Å². The highest BCUT2D eigenvalue weighted by molar-refractivity contribution is 6.07. The fourth-order valence-electron chi connectivity index (χ4n) is 4.00. The lowest BCUT2D eigenvalue weighted by atomic mass is 9.81. The number of hydrogen-bond donors (Lipinski definition) is 1. The van der Waals surface area contributed by atoms with Crippen molar-refractivity contribution in [3.8, 4) is 0 Å². The van der Waals surface area contributed by atoms with Gasteiger partial charge in [0.25, 0.3) is 5.91 Å². The summed E-state index contributed by atoms with van der Waals surface area (Å²) in [4.78, 5) is 12.9. The van der Waals surface area contributed by atoms with E-state index in [1.807, 2.05) is 54.6 Å². The van der Waals surface area contributed by atoms with Crippen LogP contribution in [0.1, 0.15) is 41.8 Å². The second kappa shape index (κ2) is 7.14. The van der Waals surface area contributed by atoms with E-state index in [-0.39, 0.29) is 11.9 Å². The van der Waals surface area contributed by atoms with Crippen LogP contribution in [0.5, 0.6) is 0 Å². The minimum Gasteiger partial charge on any atom is -0.469 e. The van der Waals surface area contributed by atoms with Crippen molar-refractivity contribution in [2.75, 3.05) is 0 Å². The third kappa shape index (κ3) is 3.46. The predicted molar refractivity (Wildman–Crippen MR) is 99.6 cm³/mol. The highest BCUT2D eigenvalue weighted by atomic mass is 16.3. The van der Waals surface area contributed by atoms with Crippen molar-refractivity contribution >= 4 is 16.7 Å². The van der Waals surface area contributed by atoms with Crippen molar-refractivity contribution in [1.29, 1.82) is 0 Å². The number of carbonyl (C=O) groups is 1. The van der Waals surface area contributed by atoms with E-state index in [0.717, 1.165) is 41.4 Å². The van der Waals surface area contributed by atoms with Crippen LogP contribution in [0.4, 0.5) is 0 Å². The molecule has 0 radical (unpaired) electrons. The number of furan rings is 1. The molecule has 0 saturated heterocycles. The fourth-order valence-corrected chi connectivity index (χ4v) is 4.00. The molecule has 4 rings (SSSR count). The van der Waals surface area contributed by atoms with Gasteiger partial charge in [-0.3, -0.25) is 4.79 Å². The molecule has 0 aliphatic heterocycles. The molecule has 3 heteroatoms. The van der Waals surface area contributed by atoms with Crippen LogP contribution in [-0.4, -0.2) is 11.9 Å². The number of hydrogen-bond acceptors (Lipinski definition) is 2. The Morgan fingerprint density at radius 3 is 2.72 bits per heavy atom. The van der Waals surface area contributed by atoms with E-state index in [1.54, 1.807) is 6.26 Å². The molecular weight excluding hydrogens is 310 g/mol. The quantitative estimate of drug-likeness (QED) is 0.733. The van der Waals surface area contributed by atoms with Gasteiger partial charge in [0.2, 0.25) is 0 Å². The smallest absolute Gasteiger partial charge is 0.252 e. The summed E-state index contributed by atoms with van der Waals surface area (Å²) in [6, 6.07) is 18.2. The fraction of sp³-hybridized carbons (Fsp3) is 0.318. The number of nitrogens with one attached hydrogen (secondary N) is 1. The summed E-state index contributed by atoms with van der Waals surface area (Å²) >= 11 is 0. The molecule has 0 unspecified atom stereocenters. The van der Waals surface area contributed by atoms with Gasteiger partial charge in [0, 0.05) is 18.0 Å². The van der Waals surface area contributed by atoms with Crippen LogP contribution in [0.3, 0.4) is 0 Å². The minimum absolute atomic E-state index is 0.0353. The normalized spacial score (nSPS) is 20.5. The van der Waals surface area contributed by atoms with E-state index in [0.29, 0.717) is 5.92 Å². The van der Waals surface area contributed by atoms with Crippen LogP contribution >= 0.6 is 0 Å². The Kier molecular flexibility index (Phi) is 4.55. The molecule has 1 aromatic heterocycles. The summed E-state index contributed by atoms with van der Waals surface area (Å²) in [5.41, 5.74) is 0.764. The lowest BCUT2D eigenvalue weighted by Gasteiger charge is -2.32. The van der Waals surface area contributed by atoms with Crippen molar-refractivity contribution < 1.29 is 9.21 Å². The molecule has 1 fully saturated rings. The van der Waals surface area contributed by atoms with Gasteiger partial charge in [-0.1, -0.05) is 49.2 Å². The van der Waals surface area contributed by atoms with E-state index in [1.165, 1.54) is 12.8 Å². The summed E-state index contributed by atoms with van der Waals surface area (Å²) in [5, 5.41) is 5.43. The number of benzene rings is 2. The highest BCUT2D eigenvalue weighted by Crippen LogP contribution is 2.28. The average molecular weight is 333 g/mol. The van der Waals surface area contributed by atoms with Crippen LogP contribution in [0, 0.1) is 5.92 Å². The first-order valence-electron chi connectivity index (χ1n) is 9.12. The summed E-state index contributed by atoms with van der Waals surface area (Å²) in [6.45, 7) is 0. The first kappa shape index (κ1) is 15.9. The van der Waals surface area contributed by atoms with E-state index < -0.39 is 0 Å². The van der Waals surface area contributed by atoms with Crippen LogP contribution in [0.25, 0.3) is 10.8 Å². The van der Waals surface area contributed by atoms with E-state index in [4.69, 9.17) is 4.42 Å². The molecule has 1 saturated carbocycles. The molecule has 1 aliphatic carbocycles. The summed E-state index contributed by atoms with van der Waals surface area (Å²) < 4.78 is 5.52. The van der Waals surface area contributed by atoms with Crippen LogP contribution in [0.2, 0.25) is 0 Å². The largest absolute Gasteiger partial charge is 0.469 e. The Bertz CT molecular complexity index is 848. The van der Waals surface area contributed by atoms with Gasteiger partial charge in [0.05, 0.1) is 6.26 Å². The van der Waals surface area contributed by atoms with Gasteiger partial charge in [0.15, 0.2) is 0 Å². The molecule has 3 aromatic rings. The highest BCUT2D eigenvalue weighted by Gasteiger charge is 2.28. The first-order chi connectivity index (χ1) is 12.3. The Morgan fingerprint density at radius 1 is 1.00 bits per heavy atom. The summed E-state index contributed by atoms with van der Waals surface area (Å²) in [7, 11) is 0. The molecule has 0 bridgehead atoms. The lowest BCUT2D eigenvalue weighted by molar-refractivity contribution is 0.0905. The SMILES string of the molecule is O=C(N[C@H]1CCCC[C@@H]1Cc1ccco1)c1cccc2ccccc12. The monoisotopic (exact) mass is 333 g/mol. The summed E-state index contributed by atoms with van der Waals surface area (Å²) in [6.07, 6.45) is 7.21. The third-order valence-corrected chi connectivity index (χ3v) is 5.30. The standard InChI is InChI=1S/C22H23NO2/c24-22(20-12-5-9-16-7-1-3-11-19(16)20)23-21-13-4-2-8-17(21)15-18-10-6-14-25-18/h1,3,5-7,9-12,14,17,21H,2,4,8,13,15H2,(H,23,24)/t17-,21+/m1/s1. The van der Waals surface area contributed by atoms with Gasteiger partial charge in [0.1, 0.15) is 5.76 Å². The molecule has 1 amide bonds. The molecule has 2 atom stereocenters. The molecule has 1 N–H and O–H groups in total. The number of amides is 1. The lowest BCUT2D eigenvalue weighted by Crippen LogP contribution is -2.42. The zero-order valence-corrected chi connectivity index (χ0v) is 14.3. The zero-order valence-electron chi connectivity index (χ0n) is 14.3. The minimum atomic E-state index is 0.0353. The van der Waals surface area contributed by atoms with Gasteiger partial charge in [-0.05, 0) is 47.7 Å². The Hall–Kier alpha value is -2.55. The van der Waals surface area contributed by atoms with Gasteiger partial charge in [-0.25, -0.2) is 0 Å². The van der Waals surface area contributed by atoms with Gasteiger partial charge in [-0.15, -0.1) is 0 Å². The third-order valence-electron chi connectivity index (χ3n) is 5.30. The second-order valence-electron chi connectivity index (χ2n) is 6.93. The molecule has 1 heterocycles. The first-order valence-corrected chi connectivity index (χ1v) is 9.12. The van der Waals surface area contributed by atoms with Crippen molar-refractivity contribution in [3.63, 3.8) is 0 Å². The number of rotatable bonds is 4. The topological polar surface area (TPSA) is 42.2 Å². The molecule has 1 aliphatic rings. The number of fused-ring (bicyclic) bond motifs is 1. The van der Waals surface area contributed by atoms with Crippen molar-refractivity contribution in [3.05, 3.63) is 72.2 Å². The Balaban J connectivity index is 1.53.